The normalized spacial score (nSPS) is 15.2. The SMILES string of the molecule is CCCCCCC[C@H](CC#Cc1ccc(Br)cc1)N1C(=O)CCC1=O. The molecule has 1 aromatic carbocycles. The van der Waals surface area contributed by atoms with Gasteiger partial charge in [-0.25, -0.2) is 0 Å². The molecule has 0 radical (unpaired) electrons. The van der Waals surface area contributed by atoms with E-state index >= 15 is 0 Å². The number of carbonyl (C=O) groups excluding carboxylic acids is 2. The minimum atomic E-state index is -0.0768. The zero-order valence-electron chi connectivity index (χ0n) is 14.9. The first kappa shape index (κ1) is 19.7. The standard InChI is InChI=1S/C21H26BrNO2/c1-2-3-4-5-6-9-19(23-20(24)15-16-21(23)25)10-7-8-17-11-13-18(22)14-12-17/h11-14,19H,2-6,9-10,15-16H2,1H3/t19-/m1/s1. The van der Waals surface area contributed by atoms with E-state index in [9.17, 15) is 9.59 Å². The second-order valence-electron chi connectivity index (χ2n) is 6.53. The molecule has 4 heteroatoms. The molecular weight excluding hydrogens is 378 g/mol. The van der Waals surface area contributed by atoms with Gasteiger partial charge in [0.1, 0.15) is 0 Å². The number of hydrogen-bond acceptors (Lipinski definition) is 2. The van der Waals surface area contributed by atoms with Crippen molar-refractivity contribution in [1.82, 2.24) is 4.90 Å². The number of unbranched alkanes of at least 4 members (excludes halogenated alkanes) is 4. The molecule has 1 heterocycles. The lowest BCUT2D eigenvalue weighted by atomic mass is 10.0. The summed E-state index contributed by atoms with van der Waals surface area (Å²) in [6.07, 6.45) is 7.99. The van der Waals surface area contributed by atoms with Crippen molar-refractivity contribution in [3.05, 3.63) is 34.3 Å². The summed E-state index contributed by atoms with van der Waals surface area (Å²) in [6, 6.07) is 7.77. The zero-order chi connectivity index (χ0) is 18.1. The van der Waals surface area contributed by atoms with Crippen molar-refractivity contribution in [3.63, 3.8) is 0 Å². The van der Waals surface area contributed by atoms with Crippen LogP contribution in [0.3, 0.4) is 0 Å². The highest BCUT2D eigenvalue weighted by atomic mass is 79.9. The summed E-state index contributed by atoms with van der Waals surface area (Å²) in [5.74, 6) is 6.26. The van der Waals surface area contributed by atoms with Crippen molar-refractivity contribution in [2.45, 2.75) is 70.8 Å². The monoisotopic (exact) mass is 403 g/mol. The van der Waals surface area contributed by atoms with E-state index in [1.165, 1.54) is 24.2 Å². The molecule has 1 atom stereocenters. The molecule has 2 amide bonds. The highest BCUT2D eigenvalue weighted by Gasteiger charge is 2.34. The van der Waals surface area contributed by atoms with Crippen LogP contribution in [0, 0.1) is 11.8 Å². The zero-order valence-corrected chi connectivity index (χ0v) is 16.5. The third-order valence-corrected chi connectivity index (χ3v) is 5.04. The van der Waals surface area contributed by atoms with Gasteiger partial charge in [-0.2, -0.15) is 0 Å². The van der Waals surface area contributed by atoms with Crippen LogP contribution >= 0.6 is 15.9 Å². The fourth-order valence-electron chi connectivity index (χ4n) is 3.11. The van der Waals surface area contributed by atoms with Gasteiger partial charge in [-0.1, -0.05) is 66.8 Å². The molecule has 25 heavy (non-hydrogen) atoms. The summed E-state index contributed by atoms with van der Waals surface area (Å²) in [4.78, 5) is 25.6. The van der Waals surface area contributed by atoms with E-state index in [0.29, 0.717) is 19.3 Å². The molecule has 1 aliphatic heterocycles. The Balaban J connectivity index is 1.97. The Kier molecular flexibility index (Phi) is 8.21. The molecule has 1 aromatic rings. The first-order valence-corrected chi connectivity index (χ1v) is 10.0. The first-order valence-electron chi connectivity index (χ1n) is 9.21. The van der Waals surface area contributed by atoms with Crippen LogP contribution in [0.5, 0.6) is 0 Å². The van der Waals surface area contributed by atoms with Gasteiger partial charge in [-0.15, -0.1) is 0 Å². The van der Waals surface area contributed by atoms with E-state index in [1.54, 1.807) is 0 Å². The van der Waals surface area contributed by atoms with Gasteiger partial charge in [0.2, 0.25) is 11.8 Å². The topological polar surface area (TPSA) is 37.4 Å². The van der Waals surface area contributed by atoms with Crippen LogP contribution in [0.1, 0.15) is 70.3 Å². The van der Waals surface area contributed by atoms with Gasteiger partial charge >= 0.3 is 0 Å². The summed E-state index contributed by atoms with van der Waals surface area (Å²) in [5, 5.41) is 0. The molecule has 134 valence electrons. The van der Waals surface area contributed by atoms with Gasteiger partial charge < -0.3 is 0 Å². The summed E-state index contributed by atoms with van der Waals surface area (Å²) < 4.78 is 1.02. The van der Waals surface area contributed by atoms with Crippen LogP contribution in [-0.4, -0.2) is 22.8 Å². The Labute approximate surface area is 159 Å². The van der Waals surface area contributed by atoms with E-state index < -0.39 is 0 Å². The third kappa shape index (κ3) is 6.32. The molecule has 1 fully saturated rings. The maximum absolute atomic E-state index is 12.1. The van der Waals surface area contributed by atoms with Crippen molar-refractivity contribution in [2.24, 2.45) is 0 Å². The van der Waals surface area contributed by atoms with Crippen molar-refractivity contribution in [2.75, 3.05) is 0 Å². The largest absolute Gasteiger partial charge is 0.279 e. The van der Waals surface area contributed by atoms with Crippen LogP contribution in [-0.2, 0) is 9.59 Å². The molecule has 0 bridgehead atoms. The van der Waals surface area contributed by atoms with Crippen molar-refractivity contribution >= 4 is 27.7 Å². The number of rotatable bonds is 8. The number of halogens is 1. The molecule has 1 aliphatic rings. The molecule has 0 aliphatic carbocycles. The Hall–Kier alpha value is -1.60. The highest BCUT2D eigenvalue weighted by molar-refractivity contribution is 9.10. The molecule has 2 rings (SSSR count). The highest BCUT2D eigenvalue weighted by Crippen LogP contribution is 2.22. The first-order chi connectivity index (χ1) is 12.1. The van der Waals surface area contributed by atoms with Crippen LogP contribution in [0.25, 0.3) is 0 Å². The summed E-state index contributed by atoms with van der Waals surface area (Å²) in [6.45, 7) is 2.20. The summed E-state index contributed by atoms with van der Waals surface area (Å²) >= 11 is 3.41. The van der Waals surface area contributed by atoms with E-state index in [-0.39, 0.29) is 17.9 Å². The van der Waals surface area contributed by atoms with Gasteiger partial charge in [-0.3, -0.25) is 14.5 Å². The Morgan fingerprint density at radius 3 is 2.32 bits per heavy atom. The number of likely N-dealkylation sites (tertiary alicyclic amines) is 1. The molecule has 0 saturated carbocycles. The number of benzene rings is 1. The van der Waals surface area contributed by atoms with Gasteiger partial charge in [0, 0.05) is 29.3 Å². The maximum Gasteiger partial charge on any atom is 0.229 e. The Morgan fingerprint density at radius 1 is 1.04 bits per heavy atom. The van der Waals surface area contributed by atoms with Crippen LogP contribution in [0.15, 0.2) is 28.7 Å². The molecule has 1 saturated heterocycles. The van der Waals surface area contributed by atoms with Crippen LogP contribution < -0.4 is 0 Å². The van der Waals surface area contributed by atoms with Crippen molar-refractivity contribution < 1.29 is 9.59 Å². The molecule has 3 nitrogen and oxygen atoms in total. The lowest BCUT2D eigenvalue weighted by Crippen LogP contribution is -2.39. The van der Waals surface area contributed by atoms with Gasteiger partial charge in [-0.05, 0) is 30.7 Å². The number of imide groups is 1. The predicted molar refractivity (Wildman–Crippen MR) is 104 cm³/mol. The van der Waals surface area contributed by atoms with E-state index in [4.69, 9.17) is 0 Å². The number of hydrogen-bond donors (Lipinski definition) is 0. The fourth-order valence-corrected chi connectivity index (χ4v) is 3.38. The number of nitrogens with zero attached hydrogens (tertiary/aromatic N) is 1. The summed E-state index contributed by atoms with van der Waals surface area (Å²) in [7, 11) is 0. The van der Waals surface area contributed by atoms with Crippen LogP contribution in [0.2, 0.25) is 0 Å². The van der Waals surface area contributed by atoms with Gasteiger partial charge in [0.25, 0.3) is 0 Å². The van der Waals surface area contributed by atoms with Crippen LogP contribution in [0.4, 0.5) is 0 Å². The quantitative estimate of drug-likeness (QED) is 0.345. The maximum atomic E-state index is 12.1. The second-order valence-corrected chi connectivity index (χ2v) is 7.44. The van der Waals surface area contributed by atoms with E-state index in [2.05, 4.69) is 34.7 Å². The molecule has 0 aromatic heterocycles. The molecule has 0 spiro atoms. The van der Waals surface area contributed by atoms with E-state index in [1.807, 2.05) is 24.3 Å². The lowest BCUT2D eigenvalue weighted by Gasteiger charge is -2.24. The molecule has 0 N–H and O–H groups in total. The predicted octanol–water partition coefficient (Wildman–Crippen LogP) is 5.07. The van der Waals surface area contributed by atoms with Gasteiger partial charge in [0.05, 0.1) is 6.04 Å². The number of carbonyl (C=O) groups is 2. The molecular formula is C21H26BrNO2. The minimum absolute atomic E-state index is 0.0333. The number of amides is 2. The third-order valence-electron chi connectivity index (χ3n) is 4.51. The van der Waals surface area contributed by atoms with E-state index in [0.717, 1.165) is 29.3 Å². The average molecular weight is 404 g/mol. The van der Waals surface area contributed by atoms with Crippen molar-refractivity contribution in [1.29, 1.82) is 0 Å². The Morgan fingerprint density at radius 2 is 1.68 bits per heavy atom. The smallest absolute Gasteiger partial charge is 0.229 e. The summed E-state index contributed by atoms with van der Waals surface area (Å²) in [5.41, 5.74) is 0.948. The molecule has 0 unspecified atom stereocenters. The van der Waals surface area contributed by atoms with Crippen molar-refractivity contribution in [3.8, 4) is 11.8 Å². The minimum Gasteiger partial charge on any atom is -0.279 e. The lowest BCUT2D eigenvalue weighted by molar-refractivity contribution is -0.141. The Bertz CT molecular complexity index is 626. The average Bonchev–Trinajstić information content (AvgIpc) is 2.93. The second kappa shape index (κ2) is 10.4. The van der Waals surface area contributed by atoms with Gasteiger partial charge in [0.15, 0.2) is 0 Å². The fraction of sp³-hybridized carbons (Fsp3) is 0.524.